The molecule has 5 rings (SSSR count). The molecule has 0 bridgehead atoms. The monoisotopic (exact) mass is 472 g/mol. The van der Waals surface area contributed by atoms with Gasteiger partial charge in [-0.3, -0.25) is 15.0 Å². The van der Waals surface area contributed by atoms with Crippen LogP contribution in [0.25, 0.3) is 0 Å². The Labute approximate surface area is 206 Å². The Morgan fingerprint density at radius 3 is 1.66 bits per heavy atom. The van der Waals surface area contributed by atoms with E-state index in [9.17, 15) is 10.1 Å². The SMILES string of the molecule is O=[N+]([O-])c1c(N2CCCCCC2)ncnc1N1CCN(C(c2ccccc2)c2ccccc2)CC1. The first-order chi connectivity index (χ1) is 17.2. The molecule has 8 heteroatoms. The van der Waals surface area contributed by atoms with Gasteiger partial charge in [-0.05, 0) is 24.0 Å². The smallest absolute Gasteiger partial charge is 0.351 e. The highest BCUT2D eigenvalue weighted by molar-refractivity contribution is 5.71. The summed E-state index contributed by atoms with van der Waals surface area (Å²) in [6, 6.07) is 21.2. The van der Waals surface area contributed by atoms with Gasteiger partial charge in [-0.25, -0.2) is 9.97 Å². The molecule has 2 saturated heterocycles. The first-order valence-corrected chi connectivity index (χ1v) is 12.6. The second kappa shape index (κ2) is 10.8. The Bertz CT molecular complexity index is 1070. The number of hydrogen-bond acceptors (Lipinski definition) is 7. The summed E-state index contributed by atoms with van der Waals surface area (Å²) >= 11 is 0. The summed E-state index contributed by atoms with van der Waals surface area (Å²) in [5.41, 5.74) is 2.55. The number of piperazine rings is 1. The first-order valence-electron chi connectivity index (χ1n) is 12.6. The summed E-state index contributed by atoms with van der Waals surface area (Å²) < 4.78 is 0. The molecule has 2 fully saturated rings. The molecule has 1 aromatic heterocycles. The molecule has 2 aliphatic rings. The number of benzene rings is 2. The lowest BCUT2D eigenvalue weighted by Gasteiger charge is -2.40. The van der Waals surface area contributed by atoms with Crippen LogP contribution in [0.1, 0.15) is 42.9 Å². The fraction of sp³-hybridized carbons (Fsp3) is 0.407. The van der Waals surface area contributed by atoms with Crippen LogP contribution >= 0.6 is 0 Å². The van der Waals surface area contributed by atoms with Crippen LogP contribution in [0.4, 0.5) is 17.3 Å². The van der Waals surface area contributed by atoms with E-state index >= 15 is 0 Å². The van der Waals surface area contributed by atoms with Crippen molar-refractivity contribution in [2.75, 3.05) is 49.1 Å². The Hall–Kier alpha value is -3.52. The summed E-state index contributed by atoms with van der Waals surface area (Å²) in [5.74, 6) is 0.913. The van der Waals surface area contributed by atoms with E-state index in [1.165, 1.54) is 17.5 Å². The third kappa shape index (κ3) is 5.12. The fourth-order valence-electron chi connectivity index (χ4n) is 5.35. The van der Waals surface area contributed by atoms with E-state index in [2.05, 4.69) is 73.2 Å². The second-order valence-corrected chi connectivity index (χ2v) is 9.27. The summed E-state index contributed by atoms with van der Waals surface area (Å²) in [6.07, 6.45) is 5.89. The topological polar surface area (TPSA) is 78.6 Å². The van der Waals surface area contributed by atoms with Crippen LogP contribution in [0.5, 0.6) is 0 Å². The van der Waals surface area contributed by atoms with Gasteiger partial charge in [0.2, 0.25) is 11.6 Å². The zero-order valence-corrected chi connectivity index (χ0v) is 20.0. The number of anilines is 2. The highest BCUT2D eigenvalue weighted by Gasteiger charge is 2.33. The van der Waals surface area contributed by atoms with E-state index in [0.29, 0.717) is 24.7 Å². The molecule has 0 radical (unpaired) electrons. The van der Waals surface area contributed by atoms with E-state index in [1.807, 2.05) is 12.1 Å². The maximum Gasteiger partial charge on any atom is 0.353 e. The lowest BCUT2D eigenvalue weighted by atomic mass is 9.96. The van der Waals surface area contributed by atoms with Crippen molar-refractivity contribution in [2.24, 2.45) is 0 Å². The minimum absolute atomic E-state index is 0.0468. The van der Waals surface area contributed by atoms with E-state index < -0.39 is 0 Å². The highest BCUT2D eigenvalue weighted by Crippen LogP contribution is 2.36. The third-order valence-electron chi connectivity index (χ3n) is 7.08. The van der Waals surface area contributed by atoms with Gasteiger partial charge in [-0.2, -0.15) is 0 Å². The summed E-state index contributed by atoms with van der Waals surface area (Å²) in [7, 11) is 0. The Balaban J connectivity index is 1.39. The number of nitrogens with zero attached hydrogens (tertiary/aromatic N) is 6. The Morgan fingerprint density at radius 2 is 1.17 bits per heavy atom. The van der Waals surface area contributed by atoms with Crippen LogP contribution < -0.4 is 9.80 Å². The largest absolute Gasteiger partial charge is 0.353 e. The van der Waals surface area contributed by atoms with Crippen LogP contribution in [-0.4, -0.2) is 59.1 Å². The standard InChI is InChI=1S/C27H32N6O2/c34-33(35)25-26(31-15-9-1-2-10-16-31)28-21-29-27(25)32-19-17-30(18-20-32)24(22-11-5-3-6-12-22)23-13-7-4-8-14-23/h3-8,11-14,21,24H,1-2,9-10,15-20H2. The van der Waals surface area contributed by atoms with Crippen molar-refractivity contribution < 1.29 is 4.92 Å². The van der Waals surface area contributed by atoms with Crippen molar-refractivity contribution in [3.8, 4) is 0 Å². The predicted octanol–water partition coefficient (Wildman–Crippen LogP) is 4.68. The van der Waals surface area contributed by atoms with E-state index in [-0.39, 0.29) is 16.7 Å². The van der Waals surface area contributed by atoms with Gasteiger partial charge in [0.25, 0.3) is 0 Å². The van der Waals surface area contributed by atoms with Crippen molar-refractivity contribution in [3.63, 3.8) is 0 Å². The Morgan fingerprint density at radius 1 is 0.686 bits per heavy atom. The summed E-state index contributed by atoms with van der Waals surface area (Å²) in [4.78, 5) is 27.3. The minimum Gasteiger partial charge on any atom is -0.351 e. The number of hydrogen-bond donors (Lipinski definition) is 0. The van der Waals surface area contributed by atoms with E-state index in [0.717, 1.165) is 51.9 Å². The lowest BCUT2D eigenvalue weighted by Crippen LogP contribution is -2.48. The molecular formula is C27H32N6O2. The second-order valence-electron chi connectivity index (χ2n) is 9.27. The predicted molar refractivity (Wildman–Crippen MR) is 138 cm³/mol. The number of aromatic nitrogens is 2. The van der Waals surface area contributed by atoms with Gasteiger partial charge in [0.1, 0.15) is 6.33 Å². The van der Waals surface area contributed by atoms with Gasteiger partial charge in [0, 0.05) is 39.3 Å². The molecule has 3 aromatic rings. The quantitative estimate of drug-likeness (QED) is 0.381. The van der Waals surface area contributed by atoms with Gasteiger partial charge < -0.3 is 9.80 Å². The molecule has 0 aliphatic carbocycles. The first kappa shape index (κ1) is 23.2. The van der Waals surface area contributed by atoms with Gasteiger partial charge in [-0.1, -0.05) is 73.5 Å². The highest BCUT2D eigenvalue weighted by atomic mass is 16.6. The van der Waals surface area contributed by atoms with Crippen LogP contribution in [0.2, 0.25) is 0 Å². The summed E-state index contributed by atoms with van der Waals surface area (Å²) in [6.45, 7) is 4.53. The molecule has 0 unspecified atom stereocenters. The molecule has 182 valence electrons. The van der Waals surface area contributed by atoms with Crippen molar-refractivity contribution in [1.29, 1.82) is 0 Å². The van der Waals surface area contributed by atoms with Gasteiger partial charge in [0.05, 0.1) is 11.0 Å². The van der Waals surface area contributed by atoms with Crippen LogP contribution in [0.3, 0.4) is 0 Å². The molecule has 2 aromatic carbocycles. The van der Waals surface area contributed by atoms with Crippen LogP contribution in [-0.2, 0) is 0 Å². The molecule has 35 heavy (non-hydrogen) atoms. The molecule has 0 N–H and O–H groups in total. The van der Waals surface area contributed by atoms with Crippen molar-refractivity contribution >= 4 is 17.3 Å². The van der Waals surface area contributed by atoms with Gasteiger partial charge >= 0.3 is 5.69 Å². The minimum atomic E-state index is -0.293. The van der Waals surface area contributed by atoms with Crippen LogP contribution in [0.15, 0.2) is 67.0 Å². The average Bonchev–Trinajstić information content (AvgIpc) is 3.20. The van der Waals surface area contributed by atoms with Crippen LogP contribution in [0, 0.1) is 10.1 Å². The molecule has 0 saturated carbocycles. The molecule has 0 amide bonds. The van der Waals surface area contributed by atoms with E-state index in [4.69, 9.17) is 0 Å². The lowest BCUT2D eigenvalue weighted by molar-refractivity contribution is -0.383. The average molecular weight is 473 g/mol. The molecule has 2 aliphatic heterocycles. The molecular weight excluding hydrogens is 440 g/mol. The maximum absolute atomic E-state index is 12.2. The third-order valence-corrected chi connectivity index (χ3v) is 7.08. The zero-order chi connectivity index (χ0) is 24.0. The normalized spacial score (nSPS) is 17.4. The van der Waals surface area contributed by atoms with Crippen molar-refractivity contribution in [3.05, 3.63) is 88.2 Å². The number of rotatable bonds is 6. The molecule has 0 spiro atoms. The van der Waals surface area contributed by atoms with E-state index in [1.54, 1.807) is 0 Å². The van der Waals surface area contributed by atoms with Gasteiger partial charge in [-0.15, -0.1) is 0 Å². The zero-order valence-electron chi connectivity index (χ0n) is 20.0. The summed E-state index contributed by atoms with van der Waals surface area (Å²) in [5, 5.41) is 12.2. The molecule has 3 heterocycles. The fourth-order valence-corrected chi connectivity index (χ4v) is 5.35. The number of nitro groups is 1. The Kier molecular flexibility index (Phi) is 7.18. The van der Waals surface area contributed by atoms with Gasteiger partial charge in [0.15, 0.2) is 0 Å². The molecule has 8 nitrogen and oxygen atoms in total. The molecule has 0 atom stereocenters. The van der Waals surface area contributed by atoms with Crippen molar-refractivity contribution in [2.45, 2.75) is 31.7 Å². The maximum atomic E-state index is 12.2. The van der Waals surface area contributed by atoms with Crippen molar-refractivity contribution in [1.82, 2.24) is 14.9 Å².